The number of nitro benzene ring substituents is 1. The van der Waals surface area contributed by atoms with Crippen molar-refractivity contribution in [3.63, 3.8) is 0 Å². The number of hydrogen-bond acceptors (Lipinski definition) is 9. The predicted molar refractivity (Wildman–Crippen MR) is 113 cm³/mol. The third-order valence-electron chi connectivity index (χ3n) is 3.45. The lowest BCUT2D eigenvalue weighted by molar-refractivity contribution is -0.384. The molecule has 0 aliphatic carbocycles. The van der Waals surface area contributed by atoms with Crippen molar-refractivity contribution >= 4 is 51.6 Å². The lowest BCUT2D eigenvalue weighted by atomic mass is 10.2. The summed E-state index contributed by atoms with van der Waals surface area (Å²) in [6, 6.07) is 12.5. The van der Waals surface area contributed by atoms with Crippen molar-refractivity contribution in [3.8, 4) is 5.75 Å². The van der Waals surface area contributed by atoms with Crippen molar-refractivity contribution in [2.45, 2.75) is 4.34 Å². The van der Waals surface area contributed by atoms with E-state index < -0.39 is 4.92 Å². The first-order chi connectivity index (χ1) is 14.0. The van der Waals surface area contributed by atoms with Crippen LogP contribution in [0.3, 0.4) is 0 Å². The second kappa shape index (κ2) is 9.66. The van der Waals surface area contributed by atoms with Crippen molar-refractivity contribution in [2.24, 2.45) is 0 Å². The minimum Gasteiger partial charge on any atom is -0.508 e. The number of rotatable bonds is 8. The molecule has 29 heavy (non-hydrogen) atoms. The first-order valence-electron chi connectivity index (χ1n) is 8.22. The van der Waals surface area contributed by atoms with E-state index >= 15 is 0 Å². The molecular weight excluding hydrogens is 414 g/mol. The Bertz CT molecular complexity index is 1040. The number of carbonyl (C=O) groups excluding carboxylic acids is 1. The van der Waals surface area contributed by atoms with Gasteiger partial charge < -0.3 is 15.7 Å². The molecule has 0 unspecified atom stereocenters. The van der Waals surface area contributed by atoms with Crippen LogP contribution in [0.4, 0.5) is 16.5 Å². The number of phenolic OH excluding ortho intramolecular Hbond substituents is 1. The van der Waals surface area contributed by atoms with Crippen molar-refractivity contribution < 1.29 is 14.8 Å². The Balaban J connectivity index is 1.47. The third-order valence-corrected chi connectivity index (χ3v) is 5.44. The summed E-state index contributed by atoms with van der Waals surface area (Å²) in [5.74, 6) is 0.00331. The predicted octanol–water partition coefficient (Wildman–Crippen LogP) is 3.97. The number of phenols is 1. The summed E-state index contributed by atoms with van der Waals surface area (Å²) in [7, 11) is 0. The number of nitro groups is 1. The number of carbonyl (C=O) groups is 1. The van der Waals surface area contributed by atoms with Crippen LogP contribution in [0.1, 0.15) is 5.56 Å². The van der Waals surface area contributed by atoms with E-state index in [1.54, 1.807) is 36.5 Å². The quantitative estimate of drug-likeness (QED) is 0.279. The van der Waals surface area contributed by atoms with E-state index in [4.69, 9.17) is 0 Å². The number of benzene rings is 2. The molecule has 3 aromatic rings. The van der Waals surface area contributed by atoms with Crippen LogP contribution in [-0.2, 0) is 4.79 Å². The van der Waals surface area contributed by atoms with Crippen LogP contribution >= 0.6 is 23.1 Å². The van der Waals surface area contributed by atoms with E-state index in [0.29, 0.717) is 15.2 Å². The van der Waals surface area contributed by atoms with Gasteiger partial charge in [-0.3, -0.25) is 14.9 Å². The number of nitrogens with one attached hydrogen (secondary N) is 2. The first kappa shape index (κ1) is 20.3. The molecule has 0 atom stereocenters. The average molecular weight is 429 g/mol. The van der Waals surface area contributed by atoms with Gasteiger partial charge in [-0.15, -0.1) is 10.2 Å². The topological polar surface area (TPSA) is 130 Å². The minimum absolute atomic E-state index is 0.0874. The molecule has 9 nitrogen and oxygen atoms in total. The zero-order valence-corrected chi connectivity index (χ0v) is 16.4. The van der Waals surface area contributed by atoms with Crippen LogP contribution in [0.2, 0.25) is 0 Å². The Hall–Kier alpha value is -3.44. The highest BCUT2D eigenvalue weighted by atomic mass is 32.2. The zero-order valence-electron chi connectivity index (χ0n) is 14.8. The number of thioether (sulfide) groups is 1. The first-order valence-corrected chi connectivity index (χ1v) is 10.0. The molecule has 148 valence electrons. The van der Waals surface area contributed by atoms with Gasteiger partial charge in [0, 0.05) is 24.0 Å². The Labute approximate surface area is 173 Å². The van der Waals surface area contributed by atoms with Gasteiger partial charge in [-0.05, 0) is 29.8 Å². The number of aromatic hydroxyl groups is 1. The van der Waals surface area contributed by atoms with Gasteiger partial charge in [-0.1, -0.05) is 41.3 Å². The van der Waals surface area contributed by atoms with Crippen LogP contribution in [0.25, 0.3) is 6.08 Å². The number of hydrogen-bond donors (Lipinski definition) is 3. The molecule has 1 aromatic heterocycles. The molecule has 0 saturated carbocycles. The number of amides is 1. The zero-order chi connectivity index (χ0) is 20.6. The molecule has 3 rings (SSSR count). The molecule has 0 aliphatic heterocycles. The fourth-order valence-corrected chi connectivity index (χ4v) is 3.67. The van der Waals surface area contributed by atoms with Gasteiger partial charge in [-0.25, -0.2) is 0 Å². The SMILES string of the molecule is O=C(CSc1nnc(N/C=C/c2ccc(O)cc2)s1)Nc1cccc([N+](=O)[O-])c1. The van der Waals surface area contributed by atoms with Crippen LogP contribution in [0, 0.1) is 10.1 Å². The summed E-state index contributed by atoms with van der Waals surface area (Å²) in [5.41, 5.74) is 1.19. The van der Waals surface area contributed by atoms with Gasteiger partial charge in [0.25, 0.3) is 5.69 Å². The smallest absolute Gasteiger partial charge is 0.271 e. The highest BCUT2D eigenvalue weighted by Crippen LogP contribution is 2.26. The van der Waals surface area contributed by atoms with Gasteiger partial charge in [0.05, 0.1) is 10.7 Å². The minimum atomic E-state index is -0.518. The molecule has 1 amide bonds. The average Bonchev–Trinajstić information content (AvgIpc) is 3.16. The number of nitrogens with zero attached hydrogens (tertiary/aromatic N) is 3. The third kappa shape index (κ3) is 6.30. The van der Waals surface area contributed by atoms with Gasteiger partial charge in [0.2, 0.25) is 11.0 Å². The van der Waals surface area contributed by atoms with Crippen LogP contribution in [0.5, 0.6) is 5.75 Å². The lowest BCUT2D eigenvalue weighted by Gasteiger charge is -2.03. The highest BCUT2D eigenvalue weighted by molar-refractivity contribution is 8.01. The monoisotopic (exact) mass is 429 g/mol. The second-order valence-corrected chi connectivity index (χ2v) is 7.79. The number of aromatic nitrogens is 2. The van der Waals surface area contributed by atoms with Crippen LogP contribution in [-0.4, -0.2) is 31.9 Å². The fourth-order valence-electron chi connectivity index (χ4n) is 2.14. The maximum atomic E-state index is 12.0. The van der Waals surface area contributed by atoms with Gasteiger partial charge >= 0.3 is 0 Å². The van der Waals surface area contributed by atoms with Crippen molar-refractivity contribution in [2.75, 3.05) is 16.4 Å². The maximum absolute atomic E-state index is 12.0. The molecule has 0 aliphatic rings. The Morgan fingerprint density at radius 2 is 2.03 bits per heavy atom. The summed E-state index contributed by atoms with van der Waals surface area (Å²) < 4.78 is 0.611. The van der Waals surface area contributed by atoms with E-state index in [9.17, 15) is 20.0 Å². The van der Waals surface area contributed by atoms with Gasteiger partial charge in [-0.2, -0.15) is 0 Å². The van der Waals surface area contributed by atoms with Crippen molar-refractivity contribution in [3.05, 3.63) is 70.4 Å². The van der Waals surface area contributed by atoms with Crippen molar-refractivity contribution in [1.82, 2.24) is 10.2 Å². The number of anilines is 2. The van der Waals surface area contributed by atoms with E-state index in [1.165, 1.54) is 41.3 Å². The van der Waals surface area contributed by atoms with E-state index in [1.807, 2.05) is 6.08 Å². The highest BCUT2D eigenvalue weighted by Gasteiger charge is 2.10. The van der Waals surface area contributed by atoms with Gasteiger partial charge in [0.1, 0.15) is 5.75 Å². The largest absolute Gasteiger partial charge is 0.508 e. The summed E-state index contributed by atoms with van der Waals surface area (Å²) >= 11 is 2.51. The maximum Gasteiger partial charge on any atom is 0.271 e. The molecule has 1 heterocycles. The van der Waals surface area contributed by atoms with Crippen LogP contribution in [0.15, 0.2) is 59.1 Å². The molecular formula is C18H15N5O4S2. The Kier molecular flexibility index (Phi) is 6.76. The normalized spacial score (nSPS) is 10.8. The van der Waals surface area contributed by atoms with Crippen molar-refractivity contribution in [1.29, 1.82) is 0 Å². The van der Waals surface area contributed by atoms with E-state index in [2.05, 4.69) is 20.8 Å². The van der Waals surface area contributed by atoms with Gasteiger partial charge in [0.15, 0.2) is 4.34 Å². The van der Waals surface area contributed by atoms with E-state index in [-0.39, 0.29) is 23.1 Å². The molecule has 0 spiro atoms. The summed E-state index contributed by atoms with van der Waals surface area (Å²) in [4.78, 5) is 22.3. The number of non-ortho nitro benzene ring substituents is 1. The molecule has 0 fully saturated rings. The summed E-state index contributed by atoms with van der Waals surface area (Å²) in [5, 5.41) is 34.2. The molecule has 0 radical (unpaired) electrons. The standard InChI is InChI=1S/C18H15N5O4S2/c24-15-6-4-12(5-7-15)8-9-19-17-21-22-18(29-17)28-11-16(25)20-13-2-1-3-14(10-13)23(26)27/h1-10,24H,11H2,(H,19,21)(H,20,25)/b9-8+. The molecule has 11 heteroatoms. The Morgan fingerprint density at radius 3 is 2.79 bits per heavy atom. The molecule has 3 N–H and O–H groups in total. The second-order valence-electron chi connectivity index (χ2n) is 5.59. The van der Waals surface area contributed by atoms with Crippen LogP contribution < -0.4 is 10.6 Å². The van der Waals surface area contributed by atoms with E-state index in [0.717, 1.165) is 5.56 Å². The molecule has 0 saturated heterocycles. The summed E-state index contributed by atoms with van der Waals surface area (Å²) in [6.07, 6.45) is 3.52. The fraction of sp³-hybridized carbons (Fsp3) is 0.0556. The lowest BCUT2D eigenvalue weighted by Crippen LogP contribution is -2.14. The molecule has 0 bridgehead atoms. The molecule has 2 aromatic carbocycles. The Morgan fingerprint density at radius 1 is 1.24 bits per heavy atom. The summed E-state index contributed by atoms with van der Waals surface area (Å²) in [6.45, 7) is 0.